The summed E-state index contributed by atoms with van der Waals surface area (Å²) < 4.78 is 10.3. The summed E-state index contributed by atoms with van der Waals surface area (Å²) >= 11 is 1.95. The topological polar surface area (TPSA) is 73.1 Å². The smallest absolute Gasteiger partial charge is 0.228 e. The fourth-order valence-electron chi connectivity index (χ4n) is 2.05. The van der Waals surface area contributed by atoms with E-state index < -0.39 is 0 Å². The number of pyridine rings is 1. The van der Waals surface area contributed by atoms with E-state index in [-0.39, 0.29) is 0 Å². The highest BCUT2D eigenvalue weighted by Gasteiger charge is 2.17. The molecule has 20 heavy (non-hydrogen) atoms. The predicted octanol–water partition coefficient (Wildman–Crippen LogP) is 1.39. The largest absolute Gasteiger partial charge is 0.481 e. The number of hydrogen-bond acceptors (Lipinski definition) is 7. The standard InChI is InChI=1S/C13H16N4O2S/c1-18-11-3-2-9(7-15-11)13-16-12(19-17-13)6-10-8-20-5-4-14-10/h2-3,7,10,14H,4-6,8H2,1H3. The Morgan fingerprint density at radius 1 is 1.50 bits per heavy atom. The summed E-state index contributed by atoms with van der Waals surface area (Å²) in [6.07, 6.45) is 2.45. The van der Waals surface area contributed by atoms with Crippen LogP contribution < -0.4 is 10.1 Å². The zero-order chi connectivity index (χ0) is 13.8. The molecule has 0 radical (unpaired) electrons. The molecule has 0 aromatic carbocycles. The zero-order valence-corrected chi connectivity index (χ0v) is 12.0. The summed E-state index contributed by atoms with van der Waals surface area (Å²) in [5.74, 6) is 4.06. The van der Waals surface area contributed by atoms with Crippen molar-refractivity contribution in [3.8, 4) is 17.3 Å². The maximum absolute atomic E-state index is 5.31. The molecule has 1 fully saturated rings. The third-order valence-corrected chi connectivity index (χ3v) is 4.22. The molecule has 2 aromatic heterocycles. The second-order valence-corrected chi connectivity index (χ2v) is 5.68. The first-order valence-electron chi connectivity index (χ1n) is 6.49. The Kier molecular flexibility index (Phi) is 4.17. The molecule has 3 rings (SSSR count). The minimum Gasteiger partial charge on any atom is -0.481 e. The van der Waals surface area contributed by atoms with Crippen LogP contribution in [0.5, 0.6) is 5.88 Å². The average molecular weight is 292 g/mol. The fourth-order valence-corrected chi connectivity index (χ4v) is 3.00. The van der Waals surface area contributed by atoms with E-state index in [0.29, 0.717) is 23.6 Å². The summed E-state index contributed by atoms with van der Waals surface area (Å²) in [5, 5.41) is 7.46. The highest BCUT2D eigenvalue weighted by molar-refractivity contribution is 7.99. The Bertz CT molecular complexity index is 552. The number of aromatic nitrogens is 3. The summed E-state index contributed by atoms with van der Waals surface area (Å²) in [5.41, 5.74) is 0.826. The van der Waals surface area contributed by atoms with Crippen LogP contribution in [-0.4, -0.2) is 46.3 Å². The van der Waals surface area contributed by atoms with Crippen LogP contribution in [0.4, 0.5) is 0 Å². The normalized spacial score (nSPS) is 18.9. The van der Waals surface area contributed by atoms with E-state index >= 15 is 0 Å². The van der Waals surface area contributed by atoms with Gasteiger partial charge in [-0.25, -0.2) is 4.98 Å². The monoisotopic (exact) mass is 292 g/mol. The molecule has 1 aliphatic rings. The first-order valence-corrected chi connectivity index (χ1v) is 7.65. The molecular formula is C13H16N4O2S. The van der Waals surface area contributed by atoms with Crippen molar-refractivity contribution in [1.29, 1.82) is 0 Å². The van der Waals surface area contributed by atoms with Crippen LogP contribution in [0.3, 0.4) is 0 Å². The van der Waals surface area contributed by atoms with Crippen molar-refractivity contribution in [2.75, 3.05) is 25.2 Å². The van der Waals surface area contributed by atoms with Gasteiger partial charge in [-0.3, -0.25) is 0 Å². The van der Waals surface area contributed by atoms with E-state index in [1.807, 2.05) is 17.8 Å². The molecule has 1 atom stereocenters. The van der Waals surface area contributed by atoms with Crippen LogP contribution in [0.25, 0.3) is 11.4 Å². The third kappa shape index (κ3) is 3.10. The minimum atomic E-state index is 0.413. The maximum Gasteiger partial charge on any atom is 0.228 e. The van der Waals surface area contributed by atoms with Crippen LogP contribution in [0.15, 0.2) is 22.9 Å². The number of nitrogens with one attached hydrogen (secondary N) is 1. The summed E-state index contributed by atoms with van der Waals surface area (Å²) in [6, 6.07) is 4.07. The van der Waals surface area contributed by atoms with E-state index in [2.05, 4.69) is 20.4 Å². The SMILES string of the molecule is COc1ccc(-c2noc(CC3CSCCN3)n2)cn1. The number of ether oxygens (including phenoxy) is 1. The Hall–Kier alpha value is -1.60. The van der Waals surface area contributed by atoms with E-state index in [9.17, 15) is 0 Å². The van der Waals surface area contributed by atoms with Gasteiger partial charge in [-0.15, -0.1) is 0 Å². The minimum absolute atomic E-state index is 0.413. The number of hydrogen-bond donors (Lipinski definition) is 1. The van der Waals surface area contributed by atoms with Gasteiger partial charge in [0.15, 0.2) is 0 Å². The number of nitrogens with zero attached hydrogens (tertiary/aromatic N) is 3. The van der Waals surface area contributed by atoms with E-state index in [1.165, 1.54) is 5.75 Å². The van der Waals surface area contributed by atoms with Gasteiger partial charge < -0.3 is 14.6 Å². The Morgan fingerprint density at radius 3 is 3.15 bits per heavy atom. The van der Waals surface area contributed by atoms with Crippen molar-refractivity contribution < 1.29 is 9.26 Å². The zero-order valence-electron chi connectivity index (χ0n) is 11.2. The molecule has 0 aliphatic carbocycles. The Balaban J connectivity index is 1.68. The van der Waals surface area contributed by atoms with Crippen molar-refractivity contribution in [3.05, 3.63) is 24.2 Å². The van der Waals surface area contributed by atoms with Crippen LogP contribution in [0, 0.1) is 0 Å². The average Bonchev–Trinajstić information content (AvgIpc) is 2.97. The van der Waals surface area contributed by atoms with Crippen molar-refractivity contribution in [2.24, 2.45) is 0 Å². The molecule has 0 bridgehead atoms. The van der Waals surface area contributed by atoms with Gasteiger partial charge in [0, 0.05) is 48.3 Å². The van der Waals surface area contributed by atoms with E-state index in [0.717, 1.165) is 24.3 Å². The predicted molar refractivity (Wildman–Crippen MR) is 76.9 cm³/mol. The summed E-state index contributed by atoms with van der Waals surface area (Å²) in [6.45, 7) is 1.04. The van der Waals surface area contributed by atoms with E-state index in [4.69, 9.17) is 9.26 Å². The number of rotatable bonds is 4. The third-order valence-electron chi connectivity index (χ3n) is 3.09. The van der Waals surface area contributed by atoms with Gasteiger partial charge in [-0.2, -0.15) is 16.7 Å². The molecule has 0 saturated carbocycles. The molecule has 1 N–H and O–H groups in total. The quantitative estimate of drug-likeness (QED) is 0.912. The molecule has 0 spiro atoms. The first-order chi connectivity index (χ1) is 9.85. The lowest BCUT2D eigenvalue weighted by molar-refractivity contribution is 0.363. The van der Waals surface area contributed by atoms with Gasteiger partial charge in [0.1, 0.15) is 0 Å². The van der Waals surface area contributed by atoms with Crippen LogP contribution in [0.1, 0.15) is 5.89 Å². The van der Waals surface area contributed by atoms with Gasteiger partial charge >= 0.3 is 0 Å². The Morgan fingerprint density at radius 2 is 2.45 bits per heavy atom. The van der Waals surface area contributed by atoms with E-state index in [1.54, 1.807) is 19.4 Å². The van der Waals surface area contributed by atoms with Crippen LogP contribution >= 0.6 is 11.8 Å². The number of thioether (sulfide) groups is 1. The van der Waals surface area contributed by atoms with Gasteiger partial charge in [-0.05, 0) is 6.07 Å². The second-order valence-electron chi connectivity index (χ2n) is 4.53. The van der Waals surface area contributed by atoms with Crippen molar-refractivity contribution in [1.82, 2.24) is 20.4 Å². The van der Waals surface area contributed by atoms with Gasteiger partial charge in [0.05, 0.1) is 7.11 Å². The molecule has 2 aromatic rings. The molecule has 3 heterocycles. The lowest BCUT2D eigenvalue weighted by Gasteiger charge is -2.21. The summed E-state index contributed by atoms with van der Waals surface area (Å²) in [4.78, 5) is 8.56. The van der Waals surface area contributed by atoms with Gasteiger partial charge in [0.2, 0.25) is 17.6 Å². The van der Waals surface area contributed by atoms with Crippen LogP contribution in [0.2, 0.25) is 0 Å². The van der Waals surface area contributed by atoms with Gasteiger partial charge in [-0.1, -0.05) is 5.16 Å². The maximum atomic E-state index is 5.31. The highest BCUT2D eigenvalue weighted by atomic mass is 32.2. The molecule has 1 aliphatic heterocycles. The number of methoxy groups -OCH3 is 1. The molecule has 1 unspecified atom stereocenters. The second kappa shape index (κ2) is 6.23. The van der Waals surface area contributed by atoms with Crippen LogP contribution in [-0.2, 0) is 6.42 Å². The molecule has 7 heteroatoms. The lowest BCUT2D eigenvalue weighted by atomic mass is 10.2. The molecule has 6 nitrogen and oxygen atoms in total. The molecular weight excluding hydrogens is 276 g/mol. The summed E-state index contributed by atoms with van der Waals surface area (Å²) in [7, 11) is 1.59. The van der Waals surface area contributed by atoms with Crippen molar-refractivity contribution in [3.63, 3.8) is 0 Å². The molecule has 1 saturated heterocycles. The van der Waals surface area contributed by atoms with Crippen molar-refractivity contribution >= 4 is 11.8 Å². The molecule has 106 valence electrons. The Labute approximate surface area is 121 Å². The highest BCUT2D eigenvalue weighted by Crippen LogP contribution is 2.18. The molecule has 0 amide bonds. The van der Waals surface area contributed by atoms with Gasteiger partial charge in [0.25, 0.3) is 0 Å². The first kappa shape index (κ1) is 13.4. The lowest BCUT2D eigenvalue weighted by Crippen LogP contribution is -2.38. The fraction of sp³-hybridized carbons (Fsp3) is 0.462. The van der Waals surface area contributed by atoms with Crippen molar-refractivity contribution in [2.45, 2.75) is 12.5 Å².